The highest BCUT2D eigenvalue weighted by Crippen LogP contribution is 2.16. The zero-order chi connectivity index (χ0) is 17.6. The van der Waals surface area contributed by atoms with E-state index in [1.807, 2.05) is 36.4 Å². The highest BCUT2D eigenvalue weighted by molar-refractivity contribution is 9.10. The summed E-state index contributed by atoms with van der Waals surface area (Å²) in [5.74, 6) is 1.66. The van der Waals surface area contributed by atoms with E-state index in [0.29, 0.717) is 23.0 Å². The van der Waals surface area contributed by atoms with Crippen molar-refractivity contribution in [1.29, 1.82) is 0 Å². The molecule has 1 heterocycles. The van der Waals surface area contributed by atoms with Crippen molar-refractivity contribution < 1.29 is 14.1 Å². The molecule has 0 spiro atoms. The number of aromatic nitrogens is 2. The molecule has 126 valence electrons. The first-order valence-electron chi connectivity index (χ1n) is 7.60. The van der Waals surface area contributed by atoms with Gasteiger partial charge in [-0.25, -0.2) is 0 Å². The Bertz CT molecular complexity index is 884. The summed E-state index contributed by atoms with van der Waals surface area (Å²) in [5, 5.41) is 3.77. The number of hydrogen-bond acceptors (Lipinski definition) is 5. The van der Waals surface area contributed by atoms with Crippen molar-refractivity contribution in [3.63, 3.8) is 0 Å². The van der Waals surface area contributed by atoms with E-state index in [-0.39, 0.29) is 12.4 Å². The van der Waals surface area contributed by atoms with Crippen molar-refractivity contribution in [2.45, 2.75) is 13.5 Å². The lowest BCUT2D eigenvalue weighted by Gasteiger charge is -2.03. The molecule has 0 fully saturated rings. The zero-order valence-electron chi connectivity index (χ0n) is 13.5. The third-order valence-electron chi connectivity index (χ3n) is 3.37. The first kappa shape index (κ1) is 17.1. The van der Waals surface area contributed by atoms with Crippen LogP contribution in [0.25, 0.3) is 6.08 Å². The summed E-state index contributed by atoms with van der Waals surface area (Å²) >= 11 is 3.35. The Labute approximate surface area is 153 Å². The molecule has 3 rings (SSSR count). The van der Waals surface area contributed by atoms with Gasteiger partial charge in [0.05, 0.1) is 0 Å². The molecule has 0 aliphatic carbocycles. The molecule has 0 amide bonds. The van der Waals surface area contributed by atoms with Crippen LogP contribution in [0.2, 0.25) is 0 Å². The van der Waals surface area contributed by atoms with Crippen molar-refractivity contribution in [1.82, 2.24) is 10.1 Å². The molecule has 0 N–H and O–H groups in total. The van der Waals surface area contributed by atoms with Gasteiger partial charge < -0.3 is 9.26 Å². The van der Waals surface area contributed by atoms with Crippen LogP contribution in [-0.2, 0) is 6.61 Å². The normalized spacial score (nSPS) is 11.0. The largest absolute Gasteiger partial charge is 0.485 e. The fourth-order valence-corrected chi connectivity index (χ4v) is 2.37. The van der Waals surface area contributed by atoms with Crippen LogP contribution in [0.1, 0.15) is 27.6 Å². The van der Waals surface area contributed by atoms with E-state index < -0.39 is 0 Å². The molecule has 0 atom stereocenters. The zero-order valence-corrected chi connectivity index (χ0v) is 15.1. The van der Waals surface area contributed by atoms with E-state index in [1.54, 1.807) is 31.2 Å². The van der Waals surface area contributed by atoms with Crippen molar-refractivity contribution in [2.24, 2.45) is 0 Å². The second kappa shape index (κ2) is 7.90. The third-order valence-corrected chi connectivity index (χ3v) is 3.90. The van der Waals surface area contributed by atoms with Crippen molar-refractivity contribution in [2.75, 3.05) is 0 Å². The molecule has 25 heavy (non-hydrogen) atoms. The number of aryl methyl sites for hydroxylation is 1. The van der Waals surface area contributed by atoms with Gasteiger partial charge in [-0.05, 0) is 48.0 Å². The average Bonchev–Trinajstić information content (AvgIpc) is 3.05. The van der Waals surface area contributed by atoms with Crippen LogP contribution in [0.5, 0.6) is 5.75 Å². The second-order valence-corrected chi connectivity index (χ2v) is 6.21. The molecule has 1 aromatic heterocycles. The maximum Gasteiger partial charge on any atom is 0.223 e. The number of halogens is 1. The minimum atomic E-state index is -0.0414. The number of carbonyl (C=O) groups is 1. The van der Waals surface area contributed by atoms with Crippen molar-refractivity contribution in [3.05, 3.63) is 81.9 Å². The number of ether oxygens (including phenoxy) is 1. The van der Waals surface area contributed by atoms with Gasteiger partial charge in [0, 0.05) is 17.0 Å². The van der Waals surface area contributed by atoms with Gasteiger partial charge in [0.25, 0.3) is 0 Å². The SMILES string of the molecule is Cc1nc(COc2ccc(/C=C/C(=O)c3ccc(Br)cc3)cc2)no1. The lowest BCUT2D eigenvalue weighted by Crippen LogP contribution is -1.97. The number of ketones is 1. The fraction of sp³-hybridized carbons (Fsp3) is 0.105. The summed E-state index contributed by atoms with van der Waals surface area (Å²) in [6.45, 7) is 1.97. The Hall–Kier alpha value is -2.73. The lowest BCUT2D eigenvalue weighted by molar-refractivity contribution is 0.104. The molecule has 0 radical (unpaired) electrons. The van der Waals surface area contributed by atoms with E-state index in [4.69, 9.17) is 9.26 Å². The molecule has 3 aromatic rings. The Kier molecular flexibility index (Phi) is 5.40. The molecule has 6 heteroatoms. The van der Waals surface area contributed by atoms with Gasteiger partial charge in [0.1, 0.15) is 5.75 Å². The van der Waals surface area contributed by atoms with E-state index >= 15 is 0 Å². The highest BCUT2D eigenvalue weighted by Gasteiger charge is 2.03. The summed E-state index contributed by atoms with van der Waals surface area (Å²) < 4.78 is 11.4. The number of benzene rings is 2. The maximum atomic E-state index is 12.1. The summed E-state index contributed by atoms with van der Waals surface area (Å²) in [4.78, 5) is 16.2. The Morgan fingerprint density at radius 1 is 1.16 bits per heavy atom. The number of nitrogens with zero attached hydrogens (tertiary/aromatic N) is 2. The lowest BCUT2D eigenvalue weighted by atomic mass is 10.1. The molecule has 0 saturated carbocycles. The minimum absolute atomic E-state index is 0.0414. The molecule has 0 saturated heterocycles. The predicted octanol–water partition coefficient (Wildman–Crippen LogP) is 4.62. The van der Waals surface area contributed by atoms with E-state index in [2.05, 4.69) is 26.1 Å². The van der Waals surface area contributed by atoms with Gasteiger partial charge >= 0.3 is 0 Å². The monoisotopic (exact) mass is 398 g/mol. The van der Waals surface area contributed by atoms with Crippen LogP contribution in [0, 0.1) is 6.92 Å². The molecule has 0 unspecified atom stereocenters. The van der Waals surface area contributed by atoms with Crippen LogP contribution in [0.3, 0.4) is 0 Å². The van der Waals surface area contributed by atoms with Crippen LogP contribution in [0.4, 0.5) is 0 Å². The highest BCUT2D eigenvalue weighted by atomic mass is 79.9. The molecule has 0 bridgehead atoms. The number of carbonyl (C=O) groups excluding carboxylic acids is 1. The quantitative estimate of drug-likeness (QED) is 0.447. The minimum Gasteiger partial charge on any atom is -0.485 e. The van der Waals surface area contributed by atoms with Crippen LogP contribution < -0.4 is 4.74 Å². The molecule has 2 aromatic carbocycles. The molecule has 0 aliphatic heterocycles. The van der Waals surface area contributed by atoms with Gasteiger partial charge in [-0.3, -0.25) is 4.79 Å². The van der Waals surface area contributed by atoms with Crippen LogP contribution >= 0.6 is 15.9 Å². The fourth-order valence-electron chi connectivity index (χ4n) is 2.11. The number of allylic oxidation sites excluding steroid dienone is 1. The van der Waals surface area contributed by atoms with Gasteiger partial charge in [-0.2, -0.15) is 4.98 Å². The van der Waals surface area contributed by atoms with E-state index in [9.17, 15) is 4.79 Å². The smallest absolute Gasteiger partial charge is 0.223 e. The molecule has 0 aliphatic rings. The van der Waals surface area contributed by atoms with Crippen molar-refractivity contribution >= 4 is 27.8 Å². The third kappa shape index (κ3) is 4.87. The van der Waals surface area contributed by atoms with Crippen molar-refractivity contribution in [3.8, 4) is 5.75 Å². The summed E-state index contributed by atoms with van der Waals surface area (Å²) in [6, 6.07) is 14.7. The van der Waals surface area contributed by atoms with Gasteiger partial charge in [0.2, 0.25) is 11.7 Å². The molecular weight excluding hydrogens is 384 g/mol. The van der Waals surface area contributed by atoms with Crippen LogP contribution in [0.15, 0.2) is 63.6 Å². The first-order valence-corrected chi connectivity index (χ1v) is 8.39. The van der Waals surface area contributed by atoms with Gasteiger partial charge in [0.15, 0.2) is 12.4 Å². The van der Waals surface area contributed by atoms with Crippen LogP contribution in [-0.4, -0.2) is 15.9 Å². The van der Waals surface area contributed by atoms with E-state index in [0.717, 1.165) is 10.0 Å². The number of hydrogen-bond donors (Lipinski definition) is 0. The Balaban J connectivity index is 1.58. The summed E-state index contributed by atoms with van der Waals surface area (Å²) in [6.07, 6.45) is 3.33. The standard InChI is InChI=1S/C19H15BrN2O3/c1-13-21-19(22-25-13)12-24-17-9-2-14(3-10-17)4-11-18(23)15-5-7-16(20)8-6-15/h2-11H,12H2,1H3/b11-4+. The maximum absolute atomic E-state index is 12.1. The Morgan fingerprint density at radius 2 is 1.88 bits per heavy atom. The second-order valence-electron chi connectivity index (χ2n) is 5.29. The predicted molar refractivity (Wildman–Crippen MR) is 97.3 cm³/mol. The Morgan fingerprint density at radius 3 is 2.52 bits per heavy atom. The first-order chi connectivity index (χ1) is 12.1. The summed E-state index contributed by atoms with van der Waals surface area (Å²) in [7, 11) is 0. The number of rotatable bonds is 6. The summed E-state index contributed by atoms with van der Waals surface area (Å²) in [5.41, 5.74) is 1.56. The van der Waals surface area contributed by atoms with E-state index in [1.165, 1.54) is 0 Å². The van der Waals surface area contributed by atoms with Gasteiger partial charge in [-0.1, -0.05) is 39.3 Å². The van der Waals surface area contributed by atoms with Gasteiger partial charge in [-0.15, -0.1) is 0 Å². The average molecular weight is 399 g/mol. The molecule has 5 nitrogen and oxygen atoms in total. The topological polar surface area (TPSA) is 65.2 Å². The molecular formula is C19H15BrN2O3.